The molecule has 1 atom stereocenters. The molecule has 1 aliphatic heterocycles. The van der Waals surface area contributed by atoms with Gasteiger partial charge in [0, 0.05) is 43.4 Å². The number of anilines is 1. The molecule has 1 aliphatic rings. The number of halogens is 1. The normalized spacial score (nSPS) is 18.2. The number of carbonyl (C=O) groups is 1. The summed E-state index contributed by atoms with van der Waals surface area (Å²) in [6.45, 7) is 3.86. The molecule has 0 aliphatic carbocycles. The summed E-state index contributed by atoms with van der Waals surface area (Å²) in [6.07, 6.45) is 0.835. The number of nitrogens with two attached hydrogens (primary N) is 1. The summed E-state index contributed by atoms with van der Waals surface area (Å²) >= 11 is 3.52. The first kappa shape index (κ1) is 16.3. The third-order valence-electron chi connectivity index (χ3n) is 3.77. The fourth-order valence-electron chi connectivity index (χ4n) is 2.61. The maximum Gasteiger partial charge on any atom is 0.222 e. The molecule has 0 bridgehead atoms. The number of ether oxygens (including phenoxy) is 1. The number of nitrogens with zero attached hydrogens (tertiary/aromatic N) is 1. The lowest BCUT2D eigenvalue weighted by Crippen LogP contribution is -2.28. The average molecular weight is 356 g/mol. The fourth-order valence-corrected chi connectivity index (χ4v) is 3.02. The molecule has 116 valence electrons. The molecule has 1 heterocycles. The first-order valence-corrected chi connectivity index (χ1v) is 7.93. The van der Waals surface area contributed by atoms with Crippen LogP contribution < -0.4 is 16.0 Å². The number of amides is 1. The van der Waals surface area contributed by atoms with E-state index in [9.17, 15) is 4.79 Å². The van der Waals surface area contributed by atoms with Gasteiger partial charge in [0.15, 0.2) is 0 Å². The minimum atomic E-state index is -0.200. The van der Waals surface area contributed by atoms with E-state index in [0.29, 0.717) is 13.2 Å². The molecule has 1 amide bonds. The molecule has 0 spiro atoms. The highest BCUT2D eigenvalue weighted by molar-refractivity contribution is 9.10. The van der Waals surface area contributed by atoms with Gasteiger partial charge < -0.3 is 20.7 Å². The molecule has 1 saturated heterocycles. The van der Waals surface area contributed by atoms with Crippen LogP contribution >= 0.6 is 15.9 Å². The summed E-state index contributed by atoms with van der Waals surface area (Å²) < 4.78 is 6.10. The molecule has 6 heteroatoms. The number of hydrogen-bond donors (Lipinski definition) is 2. The van der Waals surface area contributed by atoms with E-state index in [2.05, 4.69) is 38.3 Å². The first-order chi connectivity index (χ1) is 10.1. The average Bonchev–Trinajstić information content (AvgIpc) is 2.93. The van der Waals surface area contributed by atoms with Crippen molar-refractivity contribution >= 4 is 27.5 Å². The van der Waals surface area contributed by atoms with Crippen LogP contribution in [0.15, 0.2) is 22.7 Å². The maximum atomic E-state index is 11.3. The lowest BCUT2D eigenvalue weighted by atomic mass is 10.1. The quantitative estimate of drug-likeness (QED) is 0.727. The number of benzene rings is 1. The fraction of sp³-hybridized carbons (Fsp3) is 0.533. The van der Waals surface area contributed by atoms with Crippen molar-refractivity contribution in [3.63, 3.8) is 0 Å². The SMILES string of the molecule is COCCNCc1cc(Br)ccc1N1CCC(C(N)=O)C1. The Bertz CT molecular complexity index is 496. The summed E-state index contributed by atoms with van der Waals surface area (Å²) in [5.41, 5.74) is 7.80. The molecular formula is C15H22BrN3O2. The van der Waals surface area contributed by atoms with Gasteiger partial charge in [-0.2, -0.15) is 0 Å². The van der Waals surface area contributed by atoms with Crippen LogP contribution in [0.2, 0.25) is 0 Å². The number of nitrogens with one attached hydrogen (secondary N) is 1. The Labute approximate surface area is 134 Å². The Morgan fingerprint density at radius 2 is 2.38 bits per heavy atom. The monoisotopic (exact) mass is 355 g/mol. The van der Waals surface area contributed by atoms with Gasteiger partial charge in [0.05, 0.1) is 12.5 Å². The van der Waals surface area contributed by atoms with Crippen LogP contribution in [-0.2, 0) is 16.1 Å². The van der Waals surface area contributed by atoms with Gasteiger partial charge >= 0.3 is 0 Å². The Morgan fingerprint density at radius 3 is 3.05 bits per heavy atom. The van der Waals surface area contributed by atoms with Crippen molar-refractivity contribution in [1.82, 2.24) is 5.32 Å². The van der Waals surface area contributed by atoms with Crippen molar-refractivity contribution in [3.05, 3.63) is 28.2 Å². The summed E-state index contributed by atoms with van der Waals surface area (Å²) in [7, 11) is 1.69. The molecule has 2 rings (SSSR count). The summed E-state index contributed by atoms with van der Waals surface area (Å²) in [5, 5.41) is 3.36. The second kappa shape index (κ2) is 7.77. The van der Waals surface area contributed by atoms with E-state index in [4.69, 9.17) is 10.5 Å². The molecule has 5 nitrogen and oxygen atoms in total. The molecule has 1 aromatic rings. The van der Waals surface area contributed by atoms with E-state index in [0.717, 1.165) is 30.5 Å². The van der Waals surface area contributed by atoms with E-state index >= 15 is 0 Å². The number of primary amides is 1. The van der Waals surface area contributed by atoms with Gasteiger partial charge in [0.25, 0.3) is 0 Å². The zero-order valence-electron chi connectivity index (χ0n) is 12.3. The van der Waals surface area contributed by atoms with Crippen LogP contribution in [0.25, 0.3) is 0 Å². The van der Waals surface area contributed by atoms with E-state index < -0.39 is 0 Å². The Morgan fingerprint density at radius 1 is 1.57 bits per heavy atom. The Balaban J connectivity index is 2.06. The van der Waals surface area contributed by atoms with Gasteiger partial charge in [-0.25, -0.2) is 0 Å². The second-order valence-electron chi connectivity index (χ2n) is 5.28. The topological polar surface area (TPSA) is 67.6 Å². The van der Waals surface area contributed by atoms with Crippen molar-refractivity contribution < 1.29 is 9.53 Å². The van der Waals surface area contributed by atoms with Gasteiger partial charge in [-0.15, -0.1) is 0 Å². The van der Waals surface area contributed by atoms with E-state index in [1.165, 1.54) is 11.3 Å². The highest BCUT2D eigenvalue weighted by Gasteiger charge is 2.27. The molecular weight excluding hydrogens is 334 g/mol. The smallest absolute Gasteiger partial charge is 0.222 e. The number of methoxy groups -OCH3 is 1. The molecule has 1 fully saturated rings. The van der Waals surface area contributed by atoms with Gasteiger partial charge in [-0.3, -0.25) is 4.79 Å². The molecule has 0 aromatic heterocycles. The van der Waals surface area contributed by atoms with Gasteiger partial charge in [0.2, 0.25) is 5.91 Å². The second-order valence-corrected chi connectivity index (χ2v) is 6.19. The van der Waals surface area contributed by atoms with Crippen LogP contribution in [0.5, 0.6) is 0 Å². The zero-order chi connectivity index (χ0) is 15.2. The summed E-state index contributed by atoms with van der Waals surface area (Å²) in [5.74, 6) is -0.239. The Hall–Kier alpha value is -1.11. The molecule has 21 heavy (non-hydrogen) atoms. The highest BCUT2D eigenvalue weighted by Crippen LogP contribution is 2.29. The predicted molar refractivity (Wildman–Crippen MR) is 87.2 cm³/mol. The minimum Gasteiger partial charge on any atom is -0.383 e. The lowest BCUT2D eigenvalue weighted by Gasteiger charge is -2.22. The molecule has 0 saturated carbocycles. The molecule has 1 aromatic carbocycles. The van der Waals surface area contributed by atoms with Gasteiger partial charge in [0.1, 0.15) is 0 Å². The van der Waals surface area contributed by atoms with Crippen LogP contribution in [0.3, 0.4) is 0 Å². The van der Waals surface area contributed by atoms with Crippen molar-refractivity contribution in [2.24, 2.45) is 11.7 Å². The van der Waals surface area contributed by atoms with Crippen molar-refractivity contribution in [1.29, 1.82) is 0 Å². The predicted octanol–water partition coefficient (Wildman–Crippen LogP) is 1.50. The molecule has 0 radical (unpaired) electrons. The van der Waals surface area contributed by atoms with Crippen molar-refractivity contribution in [2.75, 3.05) is 38.3 Å². The summed E-state index contributed by atoms with van der Waals surface area (Å²) in [4.78, 5) is 13.6. The molecule has 3 N–H and O–H groups in total. The first-order valence-electron chi connectivity index (χ1n) is 7.14. The van der Waals surface area contributed by atoms with Crippen molar-refractivity contribution in [2.45, 2.75) is 13.0 Å². The van der Waals surface area contributed by atoms with Gasteiger partial charge in [-0.05, 0) is 30.2 Å². The van der Waals surface area contributed by atoms with Crippen LogP contribution in [0.1, 0.15) is 12.0 Å². The van der Waals surface area contributed by atoms with Gasteiger partial charge in [-0.1, -0.05) is 15.9 Å². The lowest BCUT2D eigenvalue weighted by molar-refractivity contribution is -0.121. The van der Waals surface area contributed by atoms with Crippen molar-refractivity contribution in [3.8, 4) is 0 Å². The van der Waals surface area contributed by atoms with Crippen LogP contribution in [0.4, 0.5) is 5.69 Å². The minimum absolute atomic E-state index is 0.0389. The number of rotatable bonds is 7. The third kappa shape index (κ3) is 4.43. The molecule has 1 unspecified atom stereocenters. The highest BCUT2D eigenvalue weighted by atomic mass is 79.9. The number of carbonyl (C=O) groups excluding carboxylic acids is 1. The Kier molecular flexibility index (Phi) is 6.02. The van der Waals surface area contributed by atoms with E-state index in [1.54, 1.807) is 7.11 Å². The van der Waals surface area contributed by atoms with Crippen LogP contribution in [0, 0.1) is 5.92 Å². The summed E-state index contributed by atoms with van der Waals surface area (Å²) in [6, 6.07) is 6.25. The largest absolute Gasteiger partial charge is 0.383 e. The number of hydrogen-bond acceptors (Lipinski definition) is 4. The van der Waals surface area contributed by atoms with E-state index in [-0.39, 0.29) is 11.8 Å². The third-order valence-corrected chi connectivity index (χ3v) is 4.26. The van der Waals surface area contributed by atoms with Crippen LogP contribution in [-0.4, -0.2) is 39.3 Å². The van der Waals surface area contributed by atoms with E-state index in [1.807, 2.05) is 6.07 Å². The zero-order valence-corrected chi connectivity index (χ0v) is 13.9. The standard InChI is InChI=1S/C15H22BrN3O2/c1-21-7-5-18-9-12-8-13(16)2-3-14(12)19-6-4-11(10-19)15(17)20/h2-3,8,11,18H,4-7,9-10H2,1H3,(H2,17,20). The maximum absolute atomic E-state index is 11.3.